The highest BCUT2D eigenvalue weighted by molar-refractivity contribution is 6.07. The molecule has 3 amide bonds. The number of hydrogen-bond donors (Lipinski definition) is 1. The quantitative estimate of drug-likeness (QED) is 0.867. The van der Waals surface area contributed by atoms with Crippen LogP contribution < -0.4 is 5.32 Å². The van der Waals surface area contributed by atoms with E-state index in [1.807, 2.05) is 31.2 Å². The van der Waals surface area contributed by atoms with Crippen LogP contribution in [0.2, 0.25) is 0 Å². The maximum Gasteiger partial charge on any atom is 0.325 e. The van der Waals surface area contributed by atoms with E-state index in [0.717, 1.165) is 24.0 Å². The predicted molar refractivity (Wildman–Crippen MR) is 83.8 cm³/mol. The van der Waals surface area contributed by atoms with Gasteiger partial charge in [-0.1, -0.05) is 36.3 Å². The van der Waals surface area contributed by atoms with Gasteiger partial charge in [-0.2, -0.15) is 4.98 Å². The second-order valence-electron chi connectivity index (χ2n) is 6.24. The lowest BCUT2D eigenvalue weighted by molar-refractivity contribution is -0.132. The monoisotopic (exact) mass is 326 g/mol. The van der Waals surface area contributed by atoms with Crippen LogP contribution in [0.3, 0.4) is 0 Å². The number of amides is 3. The molecule has 24 heavy (non-hydrogen) atoms. The lowest BCUT2D eigenvalue weighted by Crippen LogP contribution is -2.41. The third-order valence-electron chi connectivity index (χ3n) is 4.70. The van der Waals surface area contributed by atoms with Gasteiger partial charge < -0.3 is 9.84 Å². The second kappa shape index (κ2) is 5.43. The minimum atomic E-state index is -0.944. The third-order valence-corrected chi connectivity index (χ3v) is 4.70. The first-order valence-electron chi connectivity index (χ1n) is 8.18. The van der Waals surface area contributed by atoms with E-state index < -0.39 is 11.6 Å². The molecule has 1 aromatic carbocycles. The Morgan fingerprint density at radius 2 is 2.17 bits per heavy atom. The van der Waals surface area contributed by atoms with E-state index >= 15 is 0 Å². The first-order chi connectivity index (χ1) is 11.6. The maximum atomic E-state index is 13.0. The summed E-state index contributed by atoms with van der Waals surface area (Å²) in [6.45, 7) is 2.03. The Kier molecular flexibility index (Phi) is 3.37. The summed E-state index contributed by atoms with van der Waals surface area (Å²) in [5.74, 6) is 0.637. The highest BCUT2D eigenvalue weighted by Gasteiger charge is 2.55. The largest absolute Gasteiger partial charge is 0.337 e. The molecule has 0 saturated carbocycles. The van der Waals surface area contributed by atoms with Crippen molar-refractivity contribution in [1.29, 1.82) is 0 Å². The van der Waals surface area contributed by atoms with Gasteiger partial charge in [0.1, 0.15) is 12.1 Å². The topological polar surface area (TPSA) is 88.3 Å². The van der Waals surface area contributed by atoms with E-state index in [0.29, 0.717) is 18.7 Å². The minimum Gasteiger partial charge on any atom is -0.337 e. The minimum absolute atomic E-state index is 0.00526. The number of aromatic nitrogens is 2. The number of nitrogens with one attached hydrogen (secondary N) is 1. The average Bonchev–Trinajstić information content (AvgIpc) is 3.24. The normalized spacial score (nSPS) is 22.3. The van der Waals surface area contributed by atoms with Gasteiger partial charge in [-0.05, 0) is 30.4 Å². The Balaban J connectivity index is 1.60. The molecule has 1 aliphatic heterocycles. The van der Waals surface area contributed by atoms with Crippen LogP contribution in [0, 0.1) is 0 Å². The van der Waals surface area contributed by atoms with Crippen molar-refractivity contribution in [2.45, 2.75) is 44.7 Å². The smallest absolute Gasteiger partial charge is 0.325 e. The van der Waals surface area contributed by atoms with Crippen LogP contribution in [0.15, 0.2) is 28.8 Å². The van der Waals surface area contributed by atoms with Crippen LogP contribution in [-0.4, -0.2) is 27.0 Å². The van der Waals surface area contributed by atoms with E-state index in [1.54, 1.807) is 0 Å². The molecular formula is C17H18N4O3. The van der Waals surface area contributed by atoms with Crippen molar-refractivity contribution >= 4 is 11.9 Å². The summed E-state index contributed by atoms with van der Waals surface area (Å²) in [5, 5.41) is 6.75. The van der Waals surface area contributed by atoms with E-state index in [2.05, 4.69) is 15.5 Å². The van der Waals surface area contributed by atoms with Gasteiger partial charge in [-0.25, -0.2) is 4.79 Å². The van der Waals surface area contributed by atoms with E-state index in [9.17, 15) is 9.59 Å². The second-order valence-corrected chi connectivity index (χ2v) is 6.24. The lowest BCUT2D eigenvalue weighted by Gasteiger charge is -2.21. The van der Waals surface area contributed by atoms with Crippen LogP contribution in [0.25, 0.3) is 0 Å². The van der Waals surface area contributed by atoms with Crippen molar-refractivity contribution in [3.05, 3.63) is 47.1 Å². The molecule has 1 spiro atoms. The summed E-state index contributed by atoms with van der Waals surface area (Å²) in [4.78, 5) is 30.8. The van der Waals surface area contributed by atoms with Crippen LogP contribution >= 0.6 is 0 Å². The number of fused-ring (bicyclic) bond motifs is 2. The van der Waals surface area contributed by atoms with E-state index in [-0.39, 0.29) is 18.3 Å². The number of rotatable bonds is 4. The first kappa shape index (κ1) is 14.9. The zero-order chi connectivity index (χ0) is 16.7. The summed E-state index contributed by atoms with van der Waals surface area (Å²) in [6.07, 6.45) is 2.97. The molecule has 1 aliphatic carbocycles. The number of hydrogen-bond acceptors (Lipinski definition) is 5. The van der Waals surface area contributed by atoms with Gasteiger partial charge in [0.15, 0.2) is 5.82 Å². The van der Waals surface area contributed by atoms with Crippen LogP contribution in [0.4, 0.5) is 4.79 Å². The molecule has 124 valence electrons. The molecule has 0 bridgehead atoms. The van der Waals surface area contributed by atoms with Crippen molar-refractivity contribution in [3.63, 3.8) is 0 Å². The SMILES string of the molecule is CCCc1noc(CN2C(=O)N[C@]3(CCc4ccccc43)C2=O)n1. The van der Waals surface area contributed by atoms with Crippen LogP contribution in [-0.2, 0) is 29.7 Å². The Labute approximate surface area is 139 Å². The number of urea groups is 1. The fraction of sp³-hybridized carbons (Fsp3) is 0.412. The fourth-order valence-electron chi connectivity index (χ4n) is 3.55. The fourth-order valence-corrected chi connectivity index (χ4v) is 3.55. The van der Waals surface area contributed by atoms with Crippen molar-refractivity contribution < 1.29 is 14.1 Å². The molecule has 1 saturated heterocycles. The molecular weight excluding hydrogens is 308 g/mol. The molecule has 0 radical (unpaired) electrons. The molecule has 2 heterocycles. The van der Waals surface area contributed by atoms with Crippen molar-refractivity contribution in [2.24, 2.45) is 0 Å². The van der Waals surface area contributed by atoms with E-state index in [4.69, 9.17) is 4.52 Å². The summed E-state index contributed by atoms with van der Waals surface area (Å²) in [6, 6.07) is 7.34. The molecule has 2 aliphatic rings. The molecule has 7 nitrogen and oxygen atoms in total. The number of carbonyl (C=O) groups is 2. The summed E-state index contributed by atoms with van der Waals surface area (Å²) in [5.41, 5.74) is 1.05. The average molecular weight is 326 g/mol. The third kappa shape index (κ3) is 2.11. The zero-order valence-corrected chi connectivity index (χ0v) is 13.4. The highest BCUT2D eigenvalue weighted by atomic mass is 16.5. The van der Waals surface area contributed by atoms with Gasteiger partial charge in [0, 0.05) is 6.42 Å². The zero-order valence-electron chi connectivity index (χ0n) is 13.4. The number of nitrogens with zero attached hydrogens (tertiary/aromatic N) is 3. The highest BCUT2D eigenvalue weighted by Crippen LogP contribution is 2.41. The number of carbonyl (C=O) groups excluding carboxylic acids is 2. The molecule has 1 N–H and O–H groups in total. The Morgan fingerprint density at radius 1 is 1.33 bits per heavy atom. The number of aryl methyl sites for hydroxylation is 2. The summed E-state index contributed by atoms with van der Waals surface area (Å²) < 4.78 is 5.16. The van der Waals surface area contributed by atoms with Gasteiger partial charge >= 0.3 is 6.03 Å². The lowest BCUT2D eigenvalue weighted by atomic mass is 9.92. The summed E-state index contributed by atoms with van der Waals surface area (Å²) in [7, 11) is 0. The molecule has 1 atom stereocenters. The predicted octanol–water partition coefficient (Wildman–Crippen LogP) is 1.92. The number of imide groups is 1. The molecule has 4 rings (SSSR count). The van der Waals surface area contributed by atoms with Gasteiger partial charge in [0.25, 0.3) is 5.91 Å². The van der Waals surface area contributed by atoms with Crippen molar-refractivity contribution in [1.82, 2.24) is 20.4 Å². The summed E-state index contributed by atoms with van der Waals surface area (Å²) >= 11 is 0. The Hall–Kier alpha value is -2.70. The van der Waals surface area contributed by atoms with Gasteiger partial charge in [-0.15, -0.1) is 0 Å². The van der Waals surface area contributed by atoms with Gasteiger partial charge in [0.2, 0.25) is 5.89 Å². The number of benzene rings is 1. The van der Waals surface area contributed by atoms with Gasteiger partial charge in [0.05, 0.1) is 0 Å². The molecule has 0 unspecified atom stereocenters. The first-order valence-corrected chi connectivity index (χ1v) is 8.18. The van der Waals surface area contributed by atoms with Crippen LogP contribution in [0.1, 0.15) is 42.6 Å². The standard InChI is InChI=1S/C17H18N4O3/c1-2-5-13-18-14(24-20-13)10-21-15(22)17(19-16(21)23)9-8-11-6-3-4-7-12(11)17/h3-4,6-7H,2,5,8-10H2,1H3,(H,19,23)/t17-/m0/s1. The molecule has 1 aromatic heterocycles. The van der Waals surface area contributed by atoms with Gasteiger partial charge in [-0.3, -0.25) is 9.69 Å². The van der Waals surface area contributed by atoms with Crippen molar-refractivity contribution in [2.75, 3.05) is 0 Å². The maximum absolute atomic E-state index is 13.0. The van der Waals surface area contributed by atoms with Crippen LogP contribution in [0.5, 0.6) is 0 Å². The molecule has 2 aromatic rings. The Morgan fingerprint density at radius 3 is 3.00 bits per heavy atom. The Bertz CT molecular complexity index is 816. The molecule has 1 fully saturated rings. The van der Waals surface area contributed by atoms with E-state index in [1.165, 1.54) is 4.90 Å². The molecule has 7 heteroatoms. The van der Waals surface area contributed by atoms with Crippen molar-refractivity contribution in [3.8, 4) is 0 Å².